The van der Waals surface area contributed by atoms with E-state index >= 15 is 0 Å². The zero-order valence-electron chi connectivity index (χ0n) is 19.8. The third-order valence-corrected chi connectivity index (χ3v) is 6.88. The number of hydrogen-bond donors (Lipinski definition) is 0. The number of hydrogen-bond acceptors (Lipinski definition) is 5. The van der Waals surface area contributed by atoms with Crippen molar-refractivity contribution in [1.29, 1.82) is 0 Å². The Morgan fingerprint density at radius 2 is 1.83 bits per heavy atom. The van der Waals surface area contributed by atoms with Crippen LogP contribution in [-0.2, 0) is 9.53 Å². The predicted octanol–water partition coefficient (Wildman–Crippen LogP) is 4.38. The summed E-state index contributed by atoms with van der Waals surface area (Å²) in [6.45, 7) is 3.88. The highest BCUT2D eigenvalue weighted by atomic mass is 32.1. The van der Waals surface area contributed by atoms with Gasteiger partial charge in [-0.1, -0.05) is 83.6 Å². The molecule has 180 valence electrons. The molecule has 0 fully saturated rings. The second-order valence-corrected chi connectivity index (χ2v) is 9.41. The minimum atomic E-state index is -0.823. The number of fused-ring (bicyclic) bond motifs is 1. The van der Waals surface area contributed by atoms with Gasteiger partial charge in [0.05, 0.1) is 28.5 Å². The van der Waals surface area contributed by atoms with Gasteiger partial charge in [-0.05, 0) is 43.2 Å². The van der Waals surface area contributed by atoms with E-state index in [2.05, 4.69) is 0 Å². The van der Waals surface area contributed by atoms with Gasteiger partial charge in [0.15, 0.2) is 4.80 Å². The molecule has 1 aliphatic heterocycles. The van der Waals surface area contributed by atoms with Gasteiger partial charge in [-0.3, -0.25) is 9.36 Å². The van der Waals surface area contributed by atoms with E-state index in [-0.39, 0.29) is 17.7 Å². The van der Waals surface area contributed by atoms with Gasteiger partial charge in [0.1, 0.15) is 5.82 Å². The Morgan fingerprint density at radius 3 is 2.53 bits per heavy atom. The van der Waals surface area contributed by atoms with E-state index in [9.17, 15) is 14.0 Å². The number of ether oxygens (including phenoxy) is 1. The Hall–Kier alpha value is -4.10. The van der Waals surface area contributed by atoms with Crippen LogP contribution in [0.4, 0.5) is 4.39 Å². The van der Waals surface area contributed by atoms with Crippen LogP contribution in [-0.4, -0.2) is 17.1 Å². The molecule has 0 saturated heterocycles. The van der Waals surface area contributed by atoms with Crippen LogP contribution in [0.2, 0.25) is 0 Å². The van der Waals surface area contributed by atoms with Crippen LogP contribution in [0.1, 0.15) is 35.2 Å². The van der Waals surface area contributed by atoms with Gasteiger partial charge < -0.3 is 4.74 Å². The van der Waals surface area contributed by atoms with Crippen molar-refractivity contribution in [3.05, 3.63) is 132 Å². The van der Waals surface area contributed by atoms with Gasteiger partial charge in [0.2, 0.25) is 0 Å². The molecule has 36 heavy (non-hydrogen) atoms. The molecule has 0 unspecified atom stereocenters. The Labute approximate surface area is 211 Å². The summed E-state index contributed by atoms with van der Waals surface area (Å²) >= 11 is 1.26. The van der Waals surface area contributed by atoms with Crippen LogP contribution >= 0.6 is 11.3 Å². The smallest absolute Gasteiger partial charge is 0.338 e. The van der Waals surface area contributed by atoms with Gasteiger partial charge >= 0.3 is 5.97 Å². The second-order valence-electron chi connectivity index (χ2n) is 8.40. The van der Waals surface area contributed by atoms with Crippen molar-refractivity contribution in [2.75, 3.05) is 6.61 Å². The molecule has 0 radical (unpaired) electrons. The van der Waals surface area contributed by atoms with Crippen molar-refractivity contribution in [2.45, 2.75) is 19.9 Å². The summed E-state index contributed by atoms with van der Waals surface area (Å²) in [5.41, 5.74) is 3.69. The monoisotopic (exact) mass is 498 g/mol. The van der Waals surface area contributed by atoms with Gasteiger partial charge in [-0.2, -0.15) is 0 Å². The minimum absolute atomic E-state index is 0.165. The van der Waals surface area contributed by atoms with Crippen LogP contribution in [0, 0.1) is 12.7 Å². The number of carbonyl (C=O) groups is 1. The lowest BCUT2D eigenvalue weighted by molar-refractivity contribution is -0.138. The maximum atomic E-state index is 13.8. The van der Waals surface area contributed by atoms with Gasteiger partial charge in [-0.15, -0.1) is 0 Å². The number of esters is 1. The quantitative estimate of drug-likeness (QED) is 0.384. The van der Waals surface area contributed by atoms with Crippen LogP contribution in [0.3, 0.4) is 0 Å². The molecule has 1 aromatic heterocycles. The highest BCUT2D eigenvalue weighted by Crippen LogP contribution is 2.35. The molecule has 1 aliphatic rings. The lowest BCUT2D eigenvalue weighted by atomic mass is 9.93. The number of carbonyl (C=O) groups excluding carboxylic acids is 1. The molecule has 0 aliphatic carbocycles. The molecule has 7 heteroatoms. The summed E-state index contributed by atoms with van der Waals surface area (Å²) in [6.07, 6.45) is 1.83. The minimum Gasteiger partial charge on any atom is -0.463 e. The van der Waals surface area contributed by atoms with E-state index in [4.69, 9.17) is 9.73 Å². The first kappa shape index (κ1) is 23.6. The summed E-state index contributed by atoms with van der Waals surface area (Å²) in [4.78, 5) is 32.4. The highest BCUT2D eigenvalue weighted by molar-refractivity contribution is 7.07. The van der Waals surface area contributed by atoms with Crippen LogP contribution in [0.15, 0.2) is 94.2 Å². The lowest BCUT2D eigenvalue weighted by Gasteiger charge is -2.25. The molecule has 5 rings (SSSR count). The first-order chi connectivity index (χ1) is 17.5. The highest BCUT2D eigenvalue weighted by Gasteiger charge is 2.35. The molecule has 0 bridgehead atoms. The largest absolute Gasteiger partial charge is 0.463 e. The summed E-state index contributed by atoms with van der Waals surface area (Å²) in [6, 6.07) is 22.2. The van der Waals surface area contributed by atoms with Crippen molar-refractivity contribution in [1.82, 2.24) is 4.57 Å². The average molecular weight is 499 g/mol. The van der Waals surface area contributed by atoms with Crippen LogP contribution < -0.4 is 14.9 Å². The Balaban J connectivity index is 1.83. The number of aromatic nitrogens is 1. The summed E-state index contributed by atoms with van der Waals surface area (Å²) in [7, 11) is 0. The standard InChI is InChI=1S/C29H23FN2O3S/c1-3-35-28(34)24-25(20-10-5-4-6-11-20)31-29-32(26(24)21-12-14-22(30)15-13-21)27(33)23(36-29)17-19-9-7-8-18(2)16-19/h4-17,26H,3H2,1-2H3/b23-17+/t26-/m0/s1. The molecule has 0 amide bonds. The Kier molecular flexibility index (Phi) is 6.48. The maximum absolute atomic E-state index is 13.8. The third kappa shape index (κ3) is 4.45. The van der Waals surface area contributed by atoms with E-state index in [1.807, 2.05) is 67.6 Å². The summed E-state index contributed by atoms with van der Waals surface area (Å²) in [5, 5.41) is 0. The van der Waals surface area contributed by atoms with Gasteiger partial charge in [0, 0.05) is 5.56 Å². The third-order valence-electron chi connectivity index (χ3n) is 5.90. The molecule has 0 spiro atoms. The fraction of sp³-hybridized carbons (Fsp3) is 0.138. The number of benzene rings is 3. The van der Waals surface area contributed by atoms with Crippen molar-refractivity contribution < 1.29 is 13.9 Å². The fourth-order valence-corrected chi connectivity index (χ4v) is 5.31. The molecular formula is C29H23FN2O3S. The lowest BCUT2D eigenvalue weighted by Crippen LogP contribution is -2.40. The SMILES string of the molecule is CCOC(=O)C1=C(c2ccccc2)N=c2s/c(=C/c3cccc(C)c3)c(=O)n2[C@H]1c1ccc(F)cc1. The first-order valence-corrected chi connectivity index (χ1v) is 12.4. The van der Waals surface area contributed by atoms with Gasteiger partial charge in [-0.25, -0.2) is 14.2 Å². The van der Waals surface area contributed by atoms with Crippen molar-refractivity contribution in [2.24, 2.45) is 4.99 Å². The predicted molar refractivity (Wildman–Crippen MR) is 139 cm³/mol. The van der Waals surface area contributed by atoms with E-state index in [1.54, 1.807) is 19.1 Å². The van der Waals surface area contributed by atoms with Crippen LogP contribution in [0.25, 0.3) is 11.8 Å². The van der Waals surface area contributed by atoms with Crippen molar-refractivity contribution in [3.63, 3.8) is 0 Å². The molecule has 5 nitrogen and oxygen atoms in total. The number of thiazole rings is 1. The fourth-order valence-electron chi connectivity index (χ4n) is 4.31. The molecule has 0 saturated carbocycles. The maximum Gasteiger partial charge on any atom is 0.338 e. The van der Waals surface area contributed by atoms with E-state index in [0.29, 0.717) is 20.6 Å². The molecule has 1 atom stereocenters. The van der Waals surface area contributed by atoms with E-state index in [0.717, 1.165) is 16.7 Å². The Morgan fingerprint density at radius 1 is 1.08 bits per heavy atom. The number of halogens is 1. The van der Waals surface area contributed by atoms with Crippen LogP contribution in [0.5, 0.6) is 0 Å². The first-order valence-electron chi connectivity index (χ1n) is 11.6. The summed E-state index contributed by atoms with van der Waals surface area (Å²) < 4.78 is 21.3. The van der Waals surface area contributed by atoms with E-state index in [1.165, 1.54) is 28.0 Å². The van der Waals surface area contributed by atoms with Gasteiger partial charge in [0.25, 0.3) is 5.56 Å². The van der Waals surface area contributed by atoms with Crippen molar-refractivity contribution in [3.8, 4) is 0 Å². The normalized spacial score (nSPS) is 15.4. The molecule has 4 aromatic rings. The average Bonchev–Trinajstić information content (AvgIpc) is 3.19. The number of aryl methyl sites for hydroxylation is 1. The number of rotatable bonds is 5. The molecule has 2 heterocycles. The zero-order chi connectivity index (χ0) is 25.2. The molecule has 3 aromatic carbocycles. The van der Waals surface area contributed by atoms with Crippen molar-refractivity contribution >= 4 is 29.1 Å². The second kappa shape index (κ2) is 9.87. The Bertz CT molecular complexity index is 1650. The summed E-state index contributed by atoms with van der Waals surface area (Å²) in [5.74, 6) is -0.974. The van der Waals surface area contributed by atoms with E-state index < -0.39 is 17.8 Å². The number of nitrogens with zero attached hydrogens (tertiary/aromatic N) is 2. The molecule has 0 N–H and O–H groups in total. The zero-order valence-corrected chi connectivity index (χ0v) is 20.6. The molecular weight excluding hydrogens is 475 g/mol. The topological polar surface area (TPSA) is 60.7 Å².